The van der Waals surface area contributed by atoms with E-state index in [2.05, 4.69) is 31.3 Å². The Kier molecular flexibility index (Phi) is 52.0. The van der Waals surface area contributed by atoms with Gasteiger partial charge < -0.3 is 40.3 Å². The Morgan fingerprint density at radius 2 is 0.767 bits per heavy atom. The van der Waals surface area contributed by atoms with Crippen molar-refractivity contribution >= 4 is 5.91 Å². The molecule has 1 rings (SSSR count). The number of rotatable bonds is 57. The van der Waals surface area contributed by atoms with Crippen LogP contribution in [0.15, 0.2) is 12.2 Å². The molecule has 1 aliphatic rings. The number of aliphatic hydroxyl groups excluding tert-OH is 5. The number of aliphatic hydroxyl groups is 5. The van der Waals surface area contributed by atoms with Crippen LogP contribution in [0.3, 0.4) is 0 Å². The quantitative estimate of drug-likeness (QED) is 0.0261. The van der Waals surface area contributed by atoms with Crippen LogP contribution in [0.5, 0.6) is 0 Å². The number of hydrogen-bond acceptors (Lipinski definition) is 8. The van der Waals surface area contributed by atoms with Crippen LogP contribution in [0.25, 0.3) is 0 Å². The number of amides is 1. The maximum Gasteiger partial charge on any atom is 0.220 e. The lowest BCUT2D eigenvalue weighted by Gasteiger charge is -2.40. The molecular weight excluding hydrogens is 911 g/mol. The number of unbranched alkanes of at least 4 members (excludes halogenated alkanes) is 45. The summed E-state index contributed by atoms with van der Waals surface area (Å²) in [6, 6.07) is -0.717. The van der Waals surface area contributed by atoms with Crippen molar-refractivity contribution in [3.8, 4) is 0 Å². The number of carbonyl (C=O) groups excluding carboxylic acids is 1. The van der Waals surface area contributed by atoms with Crippen molar-refractivity contribution in [2.75, 3.05) is 13.2 Å². The van der Waals surface area contributed by atoms with Crippen LogP contribution in [-0.2, 0) is 14.3 Å². The van der Waals surface area contributed by atoms with Gasteiger partial charge in [0.2, 0.25) is 5.91 Å². The second-order valence-corrected chi connectivity index (χ2v) is 22.9. The van der Waals surface area contributed by atoms with Crippen LogP contribution in [0.1, 0.15) is 335 Å². The van der Waals surface area contributed by atoms with Crippen molar-refractivity contribution in [1.29, 1.82) is 0 Å². The van der Waals surface area contributed by atoms with Crippen molar-refractivity contribution in [2.24, 2.45) is 0 Å². The van der Waals surface area contributed by atoms with Gasteiger partial charge in [0.15, 0.2) is 6.29 Å². The van der Waals surface area contributed by atoms with Crippen LogP contribution >= 0.6 is 0 Å². The molecule has 0 aromatic carbocycles. The van der Waals surface area contributed by atoms with Gasteiger partial charge in [-0.2, -0.15) is 0 Å². The van der Waals surface area contributed by atoms with E-state index in [-0.39, 0.29) is 12.5 Å². The molecule has 1 fully saturated rings. The van der Waals surface area contributed by atoms with Gasteiger partial charge in [0.25, 0.3) is 0 Å². The molecule has 6 N–H and O–H groups in total. The zero-order chi connectivity index (χ0) is 52.9. The topological polar surface area (TPSA) is 149 Å². The molecule has 0 spiro atoms. The first-order chi connectivity index (χ1) is 35.8. The molecule has 1 aliphatic heterocycles. The van der Waals surface area contributed by atoms with E-state index < -0.39 is 49.5 Å². The summed E-state index contributed by atoms with van der Waals surface area (Å²) < 4.78 is 11.3. The second kappa shape index (κ2) is 54.3. The minimum Gasteiger partial charge on any atom is -0.394 e. The summed E-state index contributed by atoms with van der Waals surface area (Å²) in [6.45, 7) is 3.89. The SMILES string of the molecule is CCCCCCCCCCCCCC/C=C\CCCCCCCCCCCCCCCCC(=O)NC(COC1OC(CO)C(O)C(O)C1O)C(O)CCCCCCCCCCCCCCCCCCCCCC. The summed E-state index contributed by atoms with van der Waals surface area (Å²) in [5, 5.41) is 54.8. The summed E-state index contributed by atoms with van der Waals surface area (Å²) in [6.07, 6.45) is 61.2. The number of carbonyl (C=O) groups is 1. The molecule has 9 heteroatoms. The van der Waals surface area contributed by atoms with Crippen LogP contribution in [0, 0.1) is 0 Å². The molecule has 0 bridgehead atoms. The van der Waals surface area contributed by atoms with Gasteiger partial charge in [-0.05, 0) is 38.5 Å². The fourth-order valence-corrected chi connectivity index (χ4v) is 10.7. The third-order valence-electron chi connectivity index (χ3n) is 15.9. The highest BCUT2D eigenvalue weighted by atomic mass is 16.7. The van der Waals surface area contributed by atoms with E-state index in [1.54, 1.807) is 0 Å². The Bertz CT molecular complexity index is 1150. The largest absolute Gasteiger partial charge is 0.394 e. The molecule has 7 unspecified atom stereocenters. The van der Waals surface area contributed by atoms with Crippen molar-refractivity contribution in [1.82, 2.24) is 5.32 Å². The minimum absolute atomic E-state index is 0.133. The second-order valence-electron chi connectivity index (χ2n) is 22.9. The van der Waals surface area contributed by atoms with Crippen LogP contribution < -0.4 is 5.32 Å². The van der Waals surface area contributed by atoms with Crippen LogP contribution in [-0.4, -0.2) is 87.5 Å². The molecule has 0 aliphatic carbocycles. The van der Waals surface area contributed by atoms with E-state index in [9.17, 15) is 30.3 Å². The molecule has 7 atom stereocenters. The molecule has 73 heavy (non-hydrogen) atoms. The zero-order valence-electron chi connectivity index (χ0n) is 48.4. The lowest BCUT2D eigenvalue weighted by molar-refractivity contribution is -0.302. The highest BCUT2D eigenvalue weighted by molar-refractivity contribution is 5.76. The van der Waals surface area contributed by atoms with E-state index >= 15 is 0 Å². The number of allylic oxidation sites excluding steroid dienone is 2. The average molecular weight is 1040 g/mol. The number of ether oxygens (including phenoxy) is 2. The van der Waals surface area contributed by atoms with Gasteiger partial charge in [-0.15, -0.1) is 0 Å². The Morgan fingerprint density at radius 1 is 0.452 bits per heavy atom. The summed E-state index contributed by atoms with van der Waals surface area (Å²) in [5.41, 5.74) is 0. The van der Waals surface area contributed by atoms with Gasteiger partial charge in [-0.25, -0.2) is 0 Å². The fraction of sp³-hybridized carbons (Fsp3) is 0.953. The van der Waals surface area contributed by atoms with Crippen LogP contribution in [0.2, 0.25) is 0 Å². The maximum atomic E-state index is 13.1. The van der Waals surface area contributed by atoms with E-state index in [1.807, 2.05) is 0 Å². The smallest absolute Gasteiger partial charge is 0.220 e. The minimum atomic E-state index is -1.55. The third-order valence-corrected chi connectivity index (χ3v) is 15.9. The van der Waals surface area contributed by atoms with Gasteiger partial charge in [-0.1, -0.05) is 302 Å². The molecule has 434 valence electrons. The summed E-state index contributed by atoms with van der Waals surface area (Å²) >= 11 is 0. The summed E-state index contributed by atoms with van der Waals surface area (Å²) in [7, 11) is 0. The first-order valence-corrected chi connectivity index (χ1v) is 32.4. The van der Waals surface area contributed by atoms with E-state index in [0.717, 1.165) is 38.5 Å². The Labute approximate surface area is 452 Å². The zero-order valence-corrected chi connectivity index (χ0v) is 48.4. The number of hydrogen-bond donors (Lipinski definition) is 6. The molecule has 1 heterocycles. The van der Waals surface area contributed by atoms with Crippen molar-refractivity contribution in [3.63, 3.8) is 0 Å². The lowest BCUT2D eigenvalue weighted by Crippen LogP contribution is -2.60. The molecule has 9 nitrogen and oxygen atoms in total. The van der Waals surface area contributed by atoms with Gasteiger partial charge >= 0.3 is 0 Å². The summed E-state index contributed by atoms with van der Waals surface area (Å²) in [5.74, 6) is -0.137. The standard InChI is InChI=1S/C64H125NO8/c1-3-5-7-9-11-13-15-17-19-21-23-25-26-27-28-29-30-31-32-33-34-36-38-40-42-44-46-48-50-52-54-60(68)65-57(56-72-64-63(71)62(70)61(69)59(55-66)73-64)58(67)53-51-49-47-45-43-41-39-37-35-24-22-20-18-16-14-12-10-8-6-4-2/h27-28,57-59,61-64,66-67,69-71H,3-26,29-56H2,1-2H3,(H,65,68)/b28-27-. The van der Waals surface area contributed by atoms with E-state index in [1.165, 1.54) is 270 Å². The highest BCUT2D eigenvalue weighted by Gasteiger charge is 2.44. The normalized spacial score (nSPS) is 19.0. The van der Waals surface area contributed by atoms with E-state index in [0.29, 0.717) is 12.8 Å². The lowest BCUT2D eigenvalue weighted by atomic mass is 9.99. The van der Waals surface area contributed by atoms with E-state index in [4.69, 9.17) is 9.47 Å². The molecule has 0 aromatic heterocycles. The average Bonchev–Trinajstić information content (AvgIpc) is 3.39. The summed E-state index contributed by atoms with van der Waals surface area (Å²) in [4.78, 5) is 13.1. The third kappa shape index (κ3) is 43.6. The molecule has 0 radical (unpaired) electrons. The predicted octanol–water partition coefficient (Wildman–Crippen LogP) is 16.7. The number of nitrogens with one attached hydrogen (secondary N) is 1. The molecule has 1 amide bonds. The fourth-order valence-electron chi connectivity index (χ4n) is 10.7. The maximum absolute atomic E-state index is 13.1. The molecule has 0 aromatic rings. The highest BCUT2D eigenvalue weighted by Crippen LogP contribution is 2.24. The van der Waals surface area contributed by atoms with Crippen molar-refractivity contribution < 1.29 is 39.8 Å². The Hall–Kier alpha value is -1.07. The monoisotopic (exact) mass is 1040 g/mol. The Morgan fingerprint density at radius 3 is 1.11 bits per heavy atom. The first-order valence-electron chi connectivity index (χ1n) is 32.4. The van der Waals surface area contributed by atoms with Gasteiger partial charge in [0.1, 0.15) is 24.4 Å². The van der Waals surface area contributed by atoms with Gasteiger partial charge in [0, 0.05) is 6.42 Å². The predicted molar refractivity (Wildman–Crippen MR) is 309 cm³/mol. The molecule has 0 saturated carbocycles. The van der Waals surface area contributed by atoms with Gasteiger partial charge in [0.05, 0.1) is 25.4 Å². The van der Waals surface area contributed by atoms with Crippen LogP contribution in [0.4, 0.5) is 0 Å². The van der Waals surface area contributed by atoms with Crippen molar-refractivity contribution in [2.45, 2.75) is 378 Å². The van der Waals surface area contributed by atoms with Crippen molar-refractivity contribution in [3.05, 3.63) is 12.2 Å². The Balaban J connectivity index is 2.12. The first kappa shape index (κ1) is 69.9. The van der Waals surface area contributed by atoms with Gasteiger partial charge in [-0.3, -0.25) is 4.79 Å². The molecule has 1 saturated heterocycles. The molecular formula is C64H125NO8.